The van der Waals surface area contributed by atoms with Gasteiger partial charge in [-0.3, -0.25) is 0 Å². The standard InChI is InChI=1S/C9H15N3S/c1-9(2,6-3-4-6)11-8-5-7(10)12-13-8/h5-6,11H,3-4H2,1-2H3,(H2,10,12). The highest BCUT2D eigenvalue weighted by Gasteiger charge is 2.37. The predicted molar refractivity (Wildman–Crippen MR) is 57.0 cm³/mol. The molecule has 4 heteroatoms. The molecule has 0 amide bonds. The Morgan fingerprint density at radius 2 is 2.31 bits per heavy atom. The third kappa shape index (κ3) is 1.94. The largest absolute Gasteiger partial charge is 0.383 e. The van der Waals surface area contributed by atoms with Crippen LogP contribution in [-0.2, 0) is 0 Å². The topological polar surface area (TPSA) is 50.9 Å². The smallest absolute Gasteiger partial charge is 0.139 e. The van der Waals surface area contributed by atoms with Crippen molar-refractivity contribution < 1.29 is 0 Å². The minimum absolute atomic E-state index is 0.193. The van der Waals surface area contributed by atoms with Crippen molar-refractivity contribution in [3.63, 3.8) is 0 Å². The number of anilines is 2. The third-order valence-electron chi connectivity index (χ3n) is 2.57. The second-order valence-electron chi connectivity index (χ2n) is 4.24. The van der Waals surface area contributed by atoms with E-state index in [1.807, 2.05) is 6.07 Å². The van der Waals surface area contributed by atoms with Crippen LogP contribution in [0, 0.1) is 5.92 Å². The average molecular weight is 197 g/mol. The van der Waals surface area contributed by atoms with Gasteiger partial charge in [-0.1, -0.05) is 0 Å². The molecule has 0 atom stereocenters. The molecule has 0 saturated heterocycles. The van der Waals surface area contributed by atoms with Crippen LogP contribution < -0.4 is 11.1 Å². The van der Waals surface area contributed by atoms with Crippen LogP contribution in [-0.4, -0.2) is 9.91 Å². The van der Waals surface area contributed by atoms with Gasteiger partial charge in [0.15, 0.2) is 0 Å². The van der Waals surface area contributed by atoms with Gasteiger partial charge in [-0.2, -0.15) is 4.37 Å². The van der Waals surface area contributed by atoms with Gasteiger partial charge >= 0.3 is 0 Å². The van der Waals surface area contributed by atoms with E-state index < -0.39 is 0 Å². The van der Waals surface area contributed by atoms with Gasteiger partial charge in [0.1, 0.15) is 10.8 Å². The summed E-state index contributed by atoms with van der Waals surface area (Å²) in [5, 5.41) is 4.56. The second kappa shape index (κ2) is 2.87. The van der Waals surface area contributed by atoms with Crippen molar-refractivity contribution in [1.29, 1.82) is 0 Å². The van der Waals surface area contributed by atoms with Crippen LogP contribution in [0.4, 0.5) is 10.8 Å². The maximum Gasteiger partial charge on any atom is 0.139 e. The Morgan fingerprint density at radius 3 is 2.77 bits per heavy atom. The van der Waals surface area contributed by atoms with E-state index in [1.54, 1.807) is 0 Å². The van der Waals surface area contributed by atoms with Gasteiger partial charge in [0.2, 0.25) is 0 Å². The maximum absolute atomic E-state index is 5.55. The SMILES string of the molecule is CC(C)(Nc1cc(N)ns1)C1CC1. The van der Waals surface area contributed by atoms with Crippen LogP contribution in [0.2, 0.25) is 0 Å². The molecule has 0 unspecified atom stereocenters. The second-order valence-corrected chi connectivity index (χ2v) is 5.04. The molecule has 0 aromatic carbocycles. The molecule has 0 bridgehead atoms. The molecular weight excluding hydrogens is 182 g/mol. The van der Waals surface area contributed by atoms with Gasteiger partial charge in [0, 0.05) is 11.6 Å². The molecule has 0 aliphatic heterocycles. The van der Waals surface area contributed by atoms with E-state index in [1.165, 1.54) is 24.4 Å². The summed E-state index contributed by atoms with van der Waals surface area (Å²) in [5.74, 6) is 1.43. The highest BCUT2D eigenvalue weighted by atomic mass is 32.1. The molecule has 0 radical (unpaired) electrons. The summed E-state index contributed by atoms with van der Waals surface area (Å²) in [7, 11) is 0. The minimum atomic E-state index is 0.193. The summed E-state index contributed by atoms with van der Waals surface area (Å²) in [5.41, 5.74) is 5.74. The van der Waals surface area contributed by atoms with Gasteiger partial charge in [-0.15, -0.1) is 0 Å². The van der Waals surface area contributed by atoms with E-state index in [0.717, 1.165) is 10.9 Å². The minimum Gasteiger partial charge on any atom is -0.383 e. The van der Waals surface area contributed by atoms with Gasteiger partial charge in [0.25, 0.3) is 0 Å². The van der Waals surface area contributed by atoms with Crippen LogP contribution in [0.15, 0.2) is 6.07 Å². The number of aromatic nitrogens is 1. The summed E-state index contributed by atoms with van der Waals surface area (Å²) in [6, 6.07) is 1.90. The lowest BCUT2D eigenvalue weighted by Gasteiger charge is -2.26. The zero-order valence-electron chi connectivity index (χ0n) is 8.00. The molecule has 1 saturated carbocycles. The number of nitrogen functional groups attached to an aromatic ring is 1. The van der Waals surface area contributed by atoms with E-state index in [0.29, 0.717) is 5.82 Å². The van der Waals surface area contributed by atoms with Crippen LogP contribution in [0.1, 0.15) is 26.7 Å². The number of nitrogens with zero attached hydrogens (tertiary/aromatic N) is 1. The van der Waals surface area contributed by atoms with Crippen molar-refractivity contribution in [1.82, 2.24) is 4.37 Å². The van der Waals surface area contributed by atoms with E-state index in [-0.39, 0.29) is 5.54 Å². The molecule has 13 heavy (non-hydrogen) atoms. The molecule has 1 aromatic rings. The van der Waals surface area contributed by atoms with E-state index in [4.69, 9.17) is 5.73 Å². The highest BCUT2D eigenvalue weighted by Crippen LogP contribution is 2.41. The molecule has 1 heterocycles. The molecule has 1 aromatic heterocycles. The Balaban J connectivity index is 2.04. The monoisotopic (exact) mass is 197 g/mol. The lowest BCUT2D eigenvalue weighted by Crippen LogP contribution is -2.32. The number of hydrogen-bond acceptors (Lipinski definition) is 4. The van der Waals surface area contributed by atoms with Crippen molar-refractivity contribution in [2.45, 2.75) is 32.2 Å². The number of nitrogens with two attached hydrogens (primary N) is 1. The molecule has 72 valence electrons. The van der Waals surface area contributed by atoms with Crippen LogP contribution in [0.25, 0.3) is 0 Å². The van der Waals surface area contributed by atoms with Crippen LogP contribution in [0.5, 0.6) is 0 Å². The quantitative estimate of drug-likeness (QED) is 0.782. The Bertz CT molecular complexity index is 302. The van der Waals surface area contributed by atoms with Crippen molar-refractivity contribution in [3.8, 4) is 0 Å². The van der Waals surface area contributed by atoms with Gasteiger partial charge in [0.05, 0.1) is 0 Å². The average Bonchev–Trinajstić information content (AvgIpc) is 2.78. The fourth-order valence-electron chi connectivity index (χ4n) is 1.57. The van der Waals surface area contributed by atoms with Crippen molar-refractivity contribution >= 4 is 22.4 Å². The number of hydrogen-bond donors (Lipinski definition) is 2. The van der Waals surface area contributed by atoms with Crippen LogP contribution in [0.3, 0.4) is 0 Å². The summed E-state index contributed by atoms with van der Waals surface area (Å²) >= 11 is 1.44. The summed E-state index contributed by atoms with van der Waals surface area (Å²) in [6.07, 6.45) is 2.68. The Morgan fingerprint density at radius 1 is 1.62 bits per heavy atom. The van der Waals surface area contributed by atoms with E-state index >= 15 is 0 Å². The third-order valence-corrected chi connectivity index (χ3v) is 3.29. The zero-order valence-corrected chi connectivity index (χ0v) is 8.82. The molecular formula is C9H15N3S. The first-order valence-electron chi connectivity index (χ1n) is 4.58. The molecule has 1 aliphatic rings. The zero-order chi connectivity index (χ0) is 9.47. The van der Waals surface area contributed by atoms with E-state index in [9.17, 15) is 0 Å². The summed E-state index contributed by atoms with van der Waals surface area (Å²) in [4.78, 5) is 0. The number of rotatable bonds is 3. The maximum atomic E-state index is 5.55. The molecule has 1 aliphatic carbocycles. The van der Waals surface area contributed by atoms with Crippen LogP contribution >= 0.6 is 11.5 Å². The Hall–Kier alpha value is -0.770. The highest BCUT2D eigenvalue weighted by molar-refractivity contribution is 7.10. The lowest BCUT2D eigenvalue weighted by atomic mass is 9.99. The molecule has 0 spiro atoms. The van der Waals surface area contributed by atoms with Crippen molar-refractivity contribution in [2.75, 3.05) is 11.1 Å². The van der Waals surface area contributed by atoms with Gasteiger partial charge in [-0.25, -0.2) is 0 Å². The number of nitrogens with one attached hydrogen (secondary N) is 1. The first-order valence-corrected chi connectivity index (χ1v) is 5.35. The predicted octanol–water partition coefficient (Wildman–Crippen LogP) is 2.33. The van der Waals surface area contributed by atoms with E-state index in [2.05, 4.69) is 23.5 Å². The molecule has 1 fully saturated rings. The molecule has 3 N–H and O–H groups in total. The fraction of sp³-hybridized carbons (Fsp3) is 0.667. The van der Waals surface area contributed by atoms with Crippen molar-refractivity contribution in [3.05, 3.63) is 6.07 Å². The van der Waals surface area contributed by atoms with Gasteiger partial charge in [-0.05, 0) is 44.1 Å². The normalized spacial score (nSPS) is 17.4. The first kappa shape index (κ1) is 8.81. The summed E-state index contributed by atoms with van der Waals surface area (Å²) in [6.45, 7) is 4.47. The lowest BCUT2D eigenvalue weighted by molar-refractivity contribution is 0.496. The fourth-order valence-corrected chi connectivity index (χ4v) is 2.31. The summed E-state index contributed by atoms with van der Waals surface area (Å²) < 4.78 is 4.04. The Labute approximate surface area is 82.5 Å². The molecule has 3 nitrogen and oxygen atoms in total. The Kier molecular flexibility index (Phi) is 1.95. The molecule has 2 rings (SSSR count). The van der Waals surface area contributed by atoms with Crippen molar-refractivity contribution in [2.24, 2.45) is 5.92 Å². The first-order chi connectivity index (χ1) is 6.08. The van der Waals surface area contributed by atoms with Gasteiger partial charge < -0.3 is 11.1 Å².